The van der Waals surface area contributed by atoms with Crippen LogP contribution in [0.15, 0.2) is 48.8 Å². The quantitative estimate of drug-likeness (QED) is 0.761. The summed E-state index contributed by atoms with van der Waals surface area (Å²) in [6.45, 7) is 2.85. The number of hydrogen-bond acceptors (Lipinski definition) is 4. The van der Waals surface area contributed by atoms with Gasteiger partial charge in [-0.3, -0.25) is 0 Å². The molecular formula is C15H15N5. The molecule has 0 bridgehead atoms. The summed E-state index contributed by atoms with van der Waals surface area (Å²) in [4.78, 5) is 16.3. The van der Waals surface area contributed by atoms with Gasteiger partial charge in [0.15, 0.2) is 11.6 Å². The average Bonchev–Trinajstić information content (AvgIpc) is 3.02. The number of hydrogen-bond donors (Lipinski definition) is 2. The molecule has 2 aromatic heterocycles. The molecule has 0 atom stereocenters. The van der Waals surface area contributed by atoms with Crippen LogP contribution in [0.1, 0.15) is 6.92 Å². The third kappa shape index (κ3) is 2.51. The summed E-state index contributed by atoms with van der Waals surface area (Å²) in [6, 6.07) is 12.0. The molecule has 0 spiro atoms. The lowest BCUT2D eigenvalue weighted by Gasteiger charge is -2.08. The lowest BCUT2D eigenvalue weighted by atomic mass is 10.1. The lowest BCUT2D eigenvalue weighted by Crippen LogP contribution is -2.03. The maximum atomic E-state index is 4.58. The summed E-state index contributed by atoms with van der Waals surface area (Å²) in [5.74, 6) is 2.06. The molecular weight excluding hydrogens is 250 g/mol. The number of anilines is 1. The first-order valence-electron chi connectivity index (χ1n) is 6.55. The smallest absolute Gasteiger partial charge is 0.198 e. The van der Waals surface area contributed by atoms with Crippen molar-refractivity contribution in [2.75, 3.05) is 11.9 Å². The standard InChI is InChI=1S/C15H15N5/c1-2-16-13-10-12(11-6-4-3-5-7-11)19-15(20-13)14-17-8-9-18-14/h3-10H,2H2,1H3,(H,17,18)(H,16,19,20). The highest BCUT2D eigenvalue weighted by molar-refractivity contribution is 5.65. The molecule has 0 radical (unpaired) electrons. The van der Waals surface area contributed by atoms with Crippen LogP contribution in [0.5, 0.6) is 0 Å². The van der Waals surface area contributed by atoms with Gasteiger partial charge < -0.3 is 10.3 Å². The van der Waals surface area contributed by atoms with Crippen LogP contribution in [-0.4, -0.2) is 26.5 Å². The van der Waals surface area contributed by atoms with Crippen LogP contribution in [0.4, 0.5) is 5.82 Å². The fourth-order valence-corrected chi connectivity index (χ4v) is 1.97. The third-order valence-electron chi connectivity index (χ3n) is 2.86. The van der Waals surface area contributed by atoms with Gasteiger partial charge in [-0.05, 0) is 6.92 Å². The highest BCUT2D eigenvalue weighted by atomic mass is 15.1. The monoisotopic (exact) mass is 265 g/mol. The lowest BCUT2D eigenvalue weighted by molar-refractivity contribution is 1.09. The van der Waals surface area contributed by atoms with Crippen LogP contribution in [0, 0.1) is 0 Å². The van der Waals surface area contributed by atoms with E-state index in [0.717, 1.165) is 23.6 Å². The minimum atomic E-state index is 0.590. The second-order valence-electron chi connectivity index (χ2n) is 4.30. The largest absolute Gasteiger partial charge is 0.370 e. The van der Waals surface area contributed by atoms with Crippen molar-refractivity contribution >= 4 is 5.82 Å². The van der Waals surface area contributed by atoms with Gasteiger partial charge >= 0.3 is 0 Å². The van der Waals surface area contributed by atoms with Crippen molar-refractivity contribution < 1.29 is 0 Å². The number of nitrogens with one attached hydrogen (secondary N) is 2. The summed E-state index contributed by atoms with van der Waals surface area (Å²) in [5.41, 5.74) is 1.94. The molecule has 20 heavy (non-hydrogen) atoms. The SMILES string of the molecule is CCNc1cc(-c2ccccc2)nc(-c2ncc[nH]2)n1. The van der Waals surface area contributed by atoms with Crippen LogP contribution in [-0.2, 0) is 0 Å². The van der Waals surface area contributed by atoms with E-state index in [1.165, 1.54) is 0 Å². The first kappa shape index (κ1) is 12.3. The van der Waals surface area contributed by atoms with E-state index in [1.807, 2.05) is 43.3 Å². The van der Waals surface area contributed by atoms with Crippen molar-refractivity contribution in [1.29, 1.82) is 0 Å². The minimum absolute atomic E-state index is 0.590. The van der Waals surface area contributed by atoms with Crippen LogP contribution < -0.4 is 5.32 Å². The zero-order chi connectivity index (χ0) is 13.8. The molecule has 0 aliphatic heterocycles. The van der Waals surface area contributed by atoms with Crippen molar-refractivity contribution in [3.05, 3.63) is 48.8 Å². The molecule has 0 aliphatic carbocycles. The highest BCUT2D eigenvalue weighted by Crippen LogP contribution is 2.22. The first-order valence-corrected chi connectivity index (χ1v) is 6.55. The second-order valence-corrected chi connectivity index (χ2v) is 4.30. The molecule has 3 rings (SSSR count). The van der Waals surface area contributed by atoms with E-state index in [-0.39, 0.29) is 0 Å². The molecule has 0 amide bonds. The minimum Gasteiger partial charge on any atom is -0.370 e. The maximum absolute atomic E-state index is 4.58. The molecule has 0 fully saturated rings. The second kappa shape index (κ2) is 5.52. The van der Waals surface area contributed by atoms with Crippen LogP contribution >= 0.6 is 0 Å². The molecule has 1 aromatic carbocycles. The maximum Gasteiger partial charge on any atom is 0.198 e. The molecule has 3 aromatic rings. The van der Waals surface area contributed by atoms with Gasteiger partial charge in [0.25, 0.3) is 0 Å². The number of imidazole rings is 1. The first-order chi connectivity index (χ1) is 9.86. The van der Waals surface area contributed by atoms with Gasteiger partial charge in [-0.2, -0.15) is 0 Å². The van der Waals surface area contributed by atoms with Crippen molar-refractivity contribution in [3.63, 3.8) is 0 Å². The number of benzene rings is 1. The van der Waals surface area contributed by atoms with Gasteiger partial charge in [0.2, 0.25) is 0 Å². The molecule has 0 unspecified atom stereocenters. The summed E-state index contributed by atoms with van der Waals surface area (Å²) in [5, 5.41) is 3.23. The Morgan fingerprint density at radius 2 is 2.00 bits per heavy atom. The Morgan fingerprint density at radius 3 is 2.70 bits per heavy atom. The normalized spacial score (nSPS) is 10.4. The predicted molar refractivity (Wildman–Crippen MR) is 79.2 cm³/mol. The Labute approximate surface area is 117 Å². The van der Waals surface area contributed by atoms with Gasteiger partial charge in [-0.25, -0.2) is 15.0 Å². The molecule has 2 heterocycles. The average molecular weight is 265 g/mol. The number of H-pyrrole nitrogens is 1. The van der Waals surface area contributed by atoms with E-state index in [0.29, 0.717) is 11.6 Å². The van der Waals surface area contributed by atoms with E-state index in [4.69, 9.17) is 0 Å². The van der Waals surface area contributed by atoms with Crippen LogP contribution in [0.25, 0.3) is 22.9 Å². The van der Waals surface area contributed by atoms with E-state index in [1.54, 1.807) is 12.4 Å². The van der Waals surface area contributed by atoms with Gasteiger partial charge in [0.05, 0.1) is 5.69 Å². The van der Waals surface area contributed by atoms with Crippen molar-refractivity contribution in [1.82, 2.24) is 19.9 Å². The van der Waals surface area contributed by atoms with E-state index >= 15 is 0 Å². The molecule has 5 heteroatoms. The number of aromatic nitrogens is 4. The highest BCUT2D eigenvalue weighted by Gasteiger charge is 2.09. The fraction of sp³-hybridized carbons (Fsp3) is 0.133. The third-order valence-corrected chi connectivity index (χ3v) is 2.86. The van der Waals surface area contributed by atoms with Crippen LogP contribution in [0.3, 0.4) is 0 Å². The Morgan fingerprint density at radius 1 is 1.15 bits per heavy atom. The topological polar surface area (TPSA) is 66.5 Å². The van der Waals surface area contributed by atoms with Crippen LogP contribution in [0.2, 0.25) is 0 Å². The fourth-order valence-electron chi connectivity index (χ4n) is 1.97. The molecule has 2 N–H and O–H groups in total. The summed E-state index contributed by atoms with van der Waals surface area (Å²) in [6.07, 6.45) is 3.46. The number of nitrogens with zero attached hydrogens (tertiary/aromatic N) is 3. The Bertz CT molecular complexity index is 677. The van der Waals surface area contributed by atoms with Crippen molar-refractivity contribution in [2.45, 2.75) is 6.92 Å². The van der Waals surface area contributed by atoms with Crippen molar-refractivity contribution in [3.8, 4) is 22.9 Å². The van der Waals surface area contributed by atoms with Gasteiger partial charge in [0.1, 0.15) is 5.82 Å². The number of aromatic amines is 1. The molecule has 0 aliphatic rings. The van der Waals surface area contributed by atoms with Gasteiger partial charge in [-0.15, -0.1) is 0 Å². The molecule has 0 saturated heterocycles. The zero-order valence-electron chi connectivity index (χ0n) is 11.2. The molecule has 5 nitrogen and oxygen atoms in total. The molecule has 0 saturated carbocycles. The Kier molecular flexibility index (Phi) is 3.41. The summed E-state index contributed by atoms with van der Waals surface area (Å²) >= 11 is 0. The zero-order valence-corrected chi connectivity index (χ0v) is 11.2. The van der Waals surface area contributed by atoms with E-state index < -0.39 is 0 Å². The molecule has 100 valence electrons. The Balaban J connectivity index is 2.10. The van der Waals surface area contributed by atoms with Gasteiger partial charge in [-0.1, -0.05) is 30.3 Å². The van der Waals surface area contributed by atoms with Gasteiger partial charge in [0, 0.05) is 30.6 Å². The summed E-state index contributed by atoms with van der Waals surface area (Å²) in [7, 11) is 0. The predicted octanol–water partition coefficient (Wildman–Crippen LogP) is 2.97. The van der Waals surface area contributed by atoms with E-state index in [9.17, 15) is 0 Å². The van der Waals surface area contributed by atoms with Crippen molar-refractivity contribution in [2.24, 2.45) is 0 Å². The Hall–Kier alpha value is -2.69. The summed E-state index contributed by atoms with van der Waals surface area (Å²) < 4.78 is 0. The van der Waals surface area contributed by atoms with E-state index in [2.05, 4.69) is 25.3 Å². The number of rotatable bonds is 4.